The summed E-state index contributed by atoms with van der Waals surface area (Å²) in [6.07, 6.45) is 4.25. The molecule has 0 saturated heterocycles. The molecule has 37 heavy (non-hydrogen) atoms. The van der Waals surface area contributed by atoms with Gasteiger partial charge in [0.05, 0.1) is 17.2 Å². The molecule has 0 unspecified atom stereocenters. The quantitative estimate of drug-likeness (QED) is 0.313. The lowest BCUT2D eigenvalue weighted by Gasteiger charge is -2.26. The molecule has 3 aromatic carbocycles. The maximum Gasteiger partial charge on any atom is 0.264 e. The minimum atomic E-state index is -4.05. The van der Waals surface area contributed by atoms with Crippen LogP contribution in [0.15, 0.2) is 102 Å². The fourth-order valence-electron chi connectivity index (χ4n) is 3.85. The number of aryl methyl sites for hydroxylation is 1. The fourth-order valence-corrected chi connectivity index (χ4v) is 5.28. The second-order valence-electron chi connectivity index (χ2n) is 8.50. The molecule has 1 N–H and O–H groups in total. The van der Waals surface area contributed by atoms with Crippen molar-refractivity contribution >= 4 is 27.3 Å². The third kappa shape index (κ3) is 6.54. The van der Waals surface area contributed by atoms with Gasteiger partial charge in [0.1, 0.15) is 12.3 Å². The topological polar surface area (TPSA) is 88.6 Å². The Kier molecular flexibility index (Phi) is 8.20. The Balaban J connectivity index is 1.57. The molecule has 0 aliphatic heterocycles. The molecule has 1 amide bonds. The Morgan fingerprint density at radius 2 is 1.54 bits per heavy atom. The second kappa shape index (κ2) is 11.7. The summed E-state index contributed by atoms with van der Waals surface area (Å²) in [6, 6.07) is 24.7. The van der Waals surface area contributed by atoms with E-state index in [1.54, 1.807) is 73.1 Å². The zero-order valence-corrected chi connectivity index (χ0v) is 21.6. The Morgan fingerprint density at radius 3 is 2.22 bits per heavy atom. The Bertz CT molecular complexity index is 1440. The van der Waals surface area contributed by atoms with Gasteiger partial charge in [0.15, 0.2) is 0 Å². The van der Waals surface area contributed by atoms with Crippen molar-refractivity contribution in [2.24, 2.45) is 0 Å². The summed E-state index contributed by atoms with van der Waals surface area (Å²) in [5, 5.41) is 2.82. The number of hydrogen-bond donors (Lipinski definition) is 1. The van der Waals surface area contributed by atoms with Crippen molar-refractivity contribution in [3.05, 3.63) is 114 Å². The number of amides is 1. The average Bonchev–Trinajstić information content (AvgIpc) is 2.90. The molecule has 0 radical (unpaired) electrons. The highest BCUT2D eigenvalue weighted by Gasteiger charge is 2.29. The van der Waals surface area contributed by atoms with Crippen LogP contribution in [0.5, 0.6) is 5.75 Å². The number of sulfonamides is 1. The third-order valence-electron chi connectivity index (χ3n) is 5.73. The Morgan fingerprint density at radius 1 is 0.892 bits per heavy atom. The molecule has 1 aromatic heterocycles. The summed E-state index contributed by atoms with van der Waals surface area (Å²) in [5.74, 6) is -0.0853. The minimum absolute atomic E-state index is 0.0951. The molecular weight excluding hydrogens is 486 g/mol. The van der Waals surface area contributed by atoms with E-state index in [2.05, 4.69) is 10.3 Å². The van der Waals surface area contributed by atoms with E-state index in [1.165, 1.54) is 0 Å². The second-order valence-corrected chi connectivity index (χ2v) is 10.4. The molecule has 190 valence electrons. The van der Waals surface area contributed by atoms with Crippen molar-refractivity contribution in [1.29, 1.82) is 0 Å². The van der Waals surface area contributed by atoms with Crippen molar-refractivity contribution in [3.8, 4) is 5.75 Å². The van der Waals surface area contributed by atoms with E-state index in [4.69, 9.17) is 4.74 Å². The van der Waals surface area contributed by atoms with Gasteiger partial charge in [-0.2, -0.15) is 0 Å². The van der Waals surface area contributed by atoms with Crippen LogP contribution in [0.25, 0.3) is 0 Å². The molecule has 0 aliphatic carbocycles. The number of carbonyl (C=O) groups excluding carboxylic acids is 1. The number of ether oxygens (including phenoxy) is 1. The van der Waals surface area contributed by atoms with Gasteiger partial charge < -0.3 is 10.1 Å². The molecule has 0 spiro atoms. The van der Waals surface area contributed by atoms with Gasteiger partial charge in [0.25, 0.3) is 10.0 Å². The number of anilines is 2. The summed E-state index contributed by atoms with van der Waals surface area (Å²) in [5.41, 5.74) is 4.03. The maximum absolute atomic E-state index is 13.7. The van der Waals surface area contributed by atoms with E-state index in [0.29, 0.717) is 23.7 Å². The molecule has 4 aromatic rings. The number of benzene rings is 3. The molecule has 4 rings (SSSR count). The van der Waals surface area contributed by atoms with Crippen LogP contribution in [0, 0.1) is 6.92 Å². The maximum atomic E-state index is 13.7. The molecule has 0 bridgehead atoms. The summed E-state index contributed by atoms with van der Waals surface area (Å²) in [7, 11) is -4.05. The first kappa shape index (κ1) is 25.9. The molecule has 0 saturated carbocycles. The lowest BCUT2D eigenvalue weighted by Crippen LogP contribution is -2.38. The van der Waals surface area contributed by atoms with Crippen molar-refractivity contribution in [3.63, 3.8) is 0 Å². The van der Waals surface area contributed by atoms with Crippen LogP contribution in [0.2, 0.25) is 0 Å². The van der Waals surface area contributed by atoms with Crippen LogP contribution in [-0.2, 0) is 21.2 Å². The molecule has 0 atom stereocenters. The standard InChI is InChI=1S/C29H29N3O4S/c1-3-36-28-7-5-4-6-27(28)32(37(34,35)26-14-8-22(2)9-15-26)21-29(33)31-25-12-10-23(11-13-25)20-24-16-18-30-19-17-24/h4-19H,3,20-21H2,1-2H3,(H,31,33). The minimum Gasteiger partial charge on any atom is -0.492 e. The predicted molar refractivity (Wildman–Crippen MR) is 145 cm³/mol. The third-order valence-corrected chi connectivity index (χ3v) is 7.50. The first-order chi connectivity index (χ1) is 17.9. The highest BCUT2D eigenvalue weighted by molar-refractivity contribution is 7.92. The number of para-hydroxylation sites is 2. The monoisotopic (exact) mass is 515 g/mol. The lowest BCUT2D eigenvalue weighted by atomic mass is 10.1. The molecule has 0 aliphatic rings. The number of nitrogens with one attached hydrogen (secondary N) is 1. The highest BCUT2D eigenvalue weighted by atomic mass is 32.2. The Hall–Kier alpha value is -4.17. The van der Waals surface area contributed by atoms with Crippen molar-refractivity contribution in [2.75, 3.05) is 22.8 Å². The van der Waals surface area contributed by atoms with E-state index >= 15 is 0 Å². The van der Waals surface area contributed by atoms with Gasteiger partial charge >= 0.3 is 0 Å². The Labute approximate surface area is 217 Å². The van der Waals surface area contributed by atoms with Crippen LogP contribution in [-0.4, -0.2) is 32.5 Å². The van der Waals surface area contributed by atoms with E-state index < -0.39 is 22.5 Å². The van der Waals surface area contributed by atoms with Gasteiger partial charge in [-0.05, 0) is 79.9 Å². The fraction of sp³-hybridized carbons (Fsp3) is 0.172. The SMILES string of the molecule is CCOc1ccccc1N(CC(=O)Nc1ccc(Cc2ccncc2)cc1)S(=O)(=O)c1ccc(C)cc1. The predicted octanol–water partition coefficient (Wildman–Crippen LogP) is 5.21. The van der Waals surface area contributed by atoms with Crippen molar-refractivity contribution in [1.82, 2.24) is 4.98 Å². The largest absolute Gasteiger partial charge is 0.492 e. The van der Waals surface area contributed by atoms with Gasteiger partial charge in [-0.1, -0.05) is 42.0 Å². The summed E-state index contributed by atoms with van der Waals surface area (Å²) in [6.45, 7) is 3.64. The number of aromatic nitrogens is 1. The summed E-state index contributed by atoms with van der Waals surface area (Å²) < 4.78 is 34.2. The number of hydrogen-bond acceptors (Lipinski definition) is 5. The van der Waals surface area contributed by atoms with Crippen molar-refractivity contribution < 1.29 is 17.9 Å². The number of rotatable bonds is 10. The first-order valence-electron chi connectivity index (χ1n) is 12.0. The first-order valence-corrected chi connectivity index (χ1v) is 13.4. The zero-order valence-electron chi connectivity index (χ0n) is 20.8. The van der Waals surface area contributed by atoms with E-state index in [9.17, 15) is 13.2 Å². The van der Waals surface area contributed by atoms with Gasteiger partial charge in [-0.3, -0.25) is 14.1 Å². The van der Waals surface area contributed by atoms with E-state index in [-0.39, 0.29) is 4.90 Å². The van der Waals surface area contributed by atoms with E-state index in [1.807, 2.05) is 38.1 Å². The van der Waals surface area contributed by atoms with Crippen LogP contribution in [0.1, 0.15) is 23.6 Å². The summed E-state index contributed by atoms with van der Waals surface area (Å²) in [4.78, 5) is 17.2. The van der Waals surface area contributed by atoms with Crippen LogP contribution >= 0.6 is 0 Å². The van der Waals surface area contributed by atoms with Gasteiger partial charge in [0, 0.05) is 18.1 Å². The number of pyridine rings is 1. The summed E-state index contributed by atoms with van der Waals surface area (Å²) >= 11 is 0. The van der Waals surface area contributed by atoms with E-state index in [0.717, 1.165) is 27.4 Å². The van der Waals surface area contributed by atoms with Gasteiger partial charge in [0.2, 0.25) is 5.91 Å². The van der Waals surface area contributed by atoms with Crippen molar-refractivity contribution in [2.45, 2.75) is 25.2 Å². The molecule has 8 heteroatoms. The molecular formula is C29H29N3O4S. The zero-order chi connectivity index (χ0) is 26.3. The number of carbonyl (C=O) groups is 1. The molecule has 0 fully saturated rings. The lowest BCUT2D eigenvalue weighted by molar-refractivity contribution is -0.114. The smallest absolute Gasteiger partial charge is 0.264 e. The average molecular weight is 516 g/mol. The van der Waals surface area contributed by atoms with Crippen LogP contribution < -0.4 is 14.4 Å². The molecule has 7 nitrogen and oxygen atoms in total. The van der Waals surface area contributed by atoms with Crippen LogP contribution in [0.4, 0.5) is 11.4 Å². The van der Waals surface area contributed by atoms with Crippen LogP contribution in [0.3, 0.4) is 0 Å². The molecule has 1 heterocycles. The van der Waals surface area contributed by atoms with Gasteiger partial charge in [-0.15, -0.1) is 0 Å². The number of nitrogens with zero attached hydrogens (tertiary/aromatic N) is 2. The van der Waals surface area contributed by atoms with Gasteiger partial charge in [-0.25, -0.2) is 8.42 Å². The highest BCUT2D eigenvalue weighted by Crippen LogP contribution is 2.32. The normalized spacial score (nSPS) is 11.1.